The van der Waals surface area contributed by atoms with Crippen LogP contribution in [-0.2, 0) is 36.9 Å². The summed E-state index contributed by atoms with van der Waals surface area (Å²) in [6, 6.07) is 15.2. The maximum atomic E-state index is 12.0. The number of anilines is 3. The second kappa shape index (κ2) is 12.6. The number of carbonyl (C=O) groups is 1. The molecule has 3 aromatic rings. The molecule has 1 aliphatic heterocycles. The van der Waals surface area contributed by atoms with E-state index in [0.29, 0.717) is 50.2 Å². The van der Waals surface area contributed by atoms with E-state index >= 15 is 0 Å². The fourth-order valence-corrected chi connectivity index (χ4v) is 4.44. The second-order valence-corrected chi connectivity index (χ2v) is 12.0. The highest BCUT2D eigenvalue weighted by atomic mass is 32.2. The number of aromatic nitrogens is 2. The van der Waals surface area contributed by atoms with Crippen LogP contribution in [0.25, 0.3) is 11.3 Å². The second-order valence-electron chi connectivity index (χ2n) is 10.4. The van der Waals surface area contributed by atoms with Crippen molar-refractivity contribution in [3.05, 3.63) is 65.9 Å². The monoisotopic (exact) mass is 569 g/mol. The average molecular weight is 570 g/mol. The highest BCUT2D eigenvalue weighted by molar-refractivity contribution is 7.85. The van der Waals surface area contributed by atoms with Crippen LogP contribution in [0.15, 0.2) is 54.7 Å². The molecular formula is C28H35N5O6S. The number of morpholine rings is 1. The Bertz CT molecular complexity index is 1440. The minimum Gasteiger partial charge on any atom is -0.444 e. The van der Waals surface area contributed by atoms with E-state index in [4.69, 9.17) is 13.7 Å². The molecular weight excluding hydrogens is 534 g/mol. The summed E-state index contributed by atoms with van der Waals surface area (Å²) in [6.07, 6.45) is 2.21. The Morgan fingerprint density at radius 1 is 1.10 bits per heavy atom. The molecule has 0 atom stereocenters. The molecule has 2 aromatic carbocycles. The molecule has 0 spiro atoms. The minimum atomic E-state index is -3.62. The van der Waals surface area contributed by atoms with E-state index in [9.17, 15) is 13.2 Å². The van der Waals surface area contributed by atoms with Crippen LogP contribution in [0.4, 0.5) is 22.1 Å². The first-order valence-electron chi connectivity index (χ1n) is 12.9. The molecule has 214 valence electrons. The first-order chi connectivity index (χ1) is 18.9. The van der Waals surface area contributed by atoms with Crippen molar-refractivity contribution in [2.24, 2.45) is 0 Å². The summed E-state index contributed by atoms with van der Waals surface area (Å²) >= 11 is 0. The molecule has 1 aromatic heterocycles. The summed E-state index contributed by atoms with van der Waals surface area (Å²) < 4.78 is 39.2. The Morgan fingerprint density at radius 2 is 1.88 bits per heavy atom. The number of carbonyl (C=O) groups excluding carboxylic acids is 1. The van der Waals surface area contributed by atoms with E-state index in [1.807, 2.05) is 63.2 Å². The predicted octanol–water partition coefficient (Wildman–Crippen LogP) is 4.22. The van der Waals surface area contributed by atoms with Gasteiger partial charge in [-0.1, -0.05) is 18.2 Å². The van der Waals surface area contributed by atoms with Crippen LogP contribution < -0.4 is 15.5 Å². The van der Waals surface area contributed by atoms with Gasteiger partial charge < -0.3 is 25.0 Å². The van der Waals surface area contributed by atoms with Gasteiger partial charge in [0, 0.05) is 48.3 Å². The lowest BCUT2D eigenvalue weighted by atomic mass is 10.1. The molecule has 2 heterocycles. The van der Waals surface area contributed by atoms with Gasteiger partial charge in [0.1, 0.15) is 5.60 Å². The third-order valence-electron chi connectivity index (χ3n) is 5.83. The topological polar surface area (TPSA) is 132 Å². The molecule has 1 aliphatic rings. The van der Waals surface area contributed by atoms with E-state index in [-0.39, 0.29) is 6.61 Å². The standard InChI is InChI=1S/C28H35N5O6S/c1-28(2,3)39-27(34)30-18-20-6-5-7-21(16-20)24-10-11-29-26(32-24)31-23-8-9-25(33-12-14-37-15-13-33)22(17-23)19-38-40(4,35)36/h5-11,16-17H,12-15,18-19H2,1-4H3,(H,30,34)(H,29,31,32). The van der Waals surface area contributed by atoms with Gasteiger partial charge in [-0.3, -0.25) is 4.18 Å². The molecule has 0 aliphatic carbocycles. The van der Waals surface area contributed by atoms with Gasteiger partial charge in [0.25, 0.3) is 10.1 Å². The van der Waals surface area contributed by atoms with E-state index in [2.05, 4.69) is 25.5 Å². The first-order valence-corrected chi connectivity index (χ1v) is 14.7. The van der Waals surface area contributed by atoms with Crippen LogP contribution in [0.2, 0.25) is 0 Å². The summed E-state index contributed by atoms with van der Waals surface area (Å²) in [4.78, 5) is 23.2. The van der Waals surface area contributed by atoms with Crippen LogP contribution >= 0.6 is 0 Å². The highest BCUT2D eigenvalue weighted by Gasteiger charge is 2.18. The lowest BCUT2D eigenvalue weighted by Gasteiger charge is -2.30. The molecule has 0 bridgehead atoms. The van der Waals surface area contributed by atoms with Crippen molar-refractivity contribution in [3.63, 3.8) is 0 Å². The molecule has 1 fully saturated rings. The smallest absolute Gasteiger partial charge is 0.407 e. The molecule has 4 rings (SSSR count). The molecule has 0 radical (unpaired) electrons. The Hall–Kier alpha value is -3.74. The van der Waals surface area contributed by atoms with Gasteiger partial charge in [0.15, 0.2) is 0 Å². The van der Waals surface area contributed by atoms with Crippen molar-refractivity contribution in [2.75, 3.05) is 42.8 Å². The lowest BCUT2D eigenvalue weighted by molar-refractivity contribution is 0.0523. The highest BCUT2D eigenvalue weighted by Crippen LogP contribution is 2.28. The number of benzene rings is 2. The fourth-order valence-electron chi connectivity index (χ4n) is 4.10. The third kappa shape index (κ3) is 8.90. The van der Waals surface area contributed by atoms with E-state index in [1.54, 1.807) is 12.3 Å². The van der Waals surface area contributed by atoms with Gasteiger partial charge in [-0.25, -0.2) is 14.8 Å². The van der Waals surface area contributed by atoms with E-state index in [0.717, 1.165) is 28.6 Å². The van der Waals surface area contributed by atoms with Crippen molar-refractivity contribution >= 4 is 33.5 Å². The number of alkyl carbamates (subject to hydrolysis) is 1. The quantitative estimate of drug-likeness (QED) is 0.361. The van der Waals surface area contributed by atoms with Crippen molar-refractivity contribution in [1.82, 2.24) is 15.3 Å². The van der Waals surface area contributed by atoms with Crippen molar-refractivity contribution in [1.29, 1.82) is 0 Å². The largest absolute Gasteiger partial charge is 0.444 e. The van der Waals surface area contributed by atoms with Gasteiger partial charge in [0.05, 0.1) is 31.8 Å². The van der Waals surface area contributed by atoms with E-state index < -0.39 is 21.8 Å². The van der Waals surface area contributed by atoms with Gasteiger partial charge in [-0.05, 0) is 56.7 Å². The Balaban J connectivity index is 1.50. The first kappa shape index (κ1) is 29.2. The summed E-state index contributed by atoms with van der Waals surface area (Å²) in [5.41, 5.74) is 4.19. The molecule has 11 nitrogen and oxygen atoms in total. The third-order valence-corrected chi connectivity index (χ3v) is 6.38. The Labute approximate surface area is 235 Å². The van der Waals surface area contributed by atoms with Crippen LogP contribution in [-0.4, -0.2) is 62.6 Å². The maximum Gasteiger partial charge on any atom is 0.407 e. The van der Waals surface area contributed by atoms with Gasteiger partial charge in [0.2, 0.25) is 5.95 Å². The number of nitrogens with zero attached hydrogens (tertiary/aromatic N) is 3. The SMILES string of the molecule is CC(C)(C)OC(=O)NCc1cccc(-c2ccnc(Nc3ccc(N4CCOCC4)c(COS(C)(=O)=O)c3)n2)c1. The zero-order valence-electron chi connectivity index (χ0n) is 23.1. The molecule has 12 heteroatoms. The summed E-state index contributed by atoms with van der Waals surface area (Å²) in [6.45, 7) is 8.28. The molecule has 2 N–H and O–H groups in total. The van der Waals surface area contributed by atoms with Crippen molar-refractivity contribution in [3.8, 4) is 11.3 Å². The normalized spacial score (nSPS) is 14.1. The number of rotatable bonds is 9. The zero-order chi connectivity index (χ0) is 28.8. The molecule has 1 amide bonds. The van der Waals surface area contributed by atoms with Gasteiger partial charge in [-0.2, -0.15) is 8.42 Å². The number of ether oxygens (including phenoxy) is 2. The number of amides is 1. The molecule has 0 saturated carbocycles. The summed E-state index contributed by atoms with van der Waals surface area (Å²) in [7, 11) is -3.62. The summed E-state index contributed by atoms with van der Waals surface area (Å²) in [5.74, 6) is 0.379. The van der Waals surface area contributed by atoms with Crippen LogP contribution in [0.3, 0.4) is 0 Å². The van der Waals surface area contributed by atoms with Crippen molar-refractivity contribution in [2.45, 2.75) is 39.5 Å². The lowest BCUT2D eigenvalue weighted by Crippen LogP contribution is -2.36. The van der Waals surface area contributed by atoms with Crippen LogP contribution in [0, 0.1) is 0 Å². The van der Waals surface area contributed by atoms with Crippen LogP contribution in [0.5, 0.6) is 0 Å². The number of hydrogen-bond acceptors (Lipinski definition) is 10. The number of nitrogens with one attached hydrogen (secondary N) is 2. The summed E-state index contributed by atoms with van der Waals surface area (Å²) in [5, 5.41) is 5.98. The van der Waals surface area contributed by atoms with Crippen molar-refractivity contribution < 1.29 is 26.9 Å². The molecule has 0 unspecified atom stereocenters. The van der Waals surface area contributed by atoms with Gasteiger partial charge >= 0.3 is 6.09 Å². The minimum absolute atomic E-state index is 0.0912. The molecule has 40 heavy (non-hydrogen) atoms. The van der Waals surface area contributed by atoms with Gasteiger partial charge in [-0.15, -0.1) is 0 Å². The number of hydrogen-bond donors (Lipinski definition) is 2. The zero-order valence-corrected chi connectivity index (χ0v) is 24.0. The van der Waals surface area contributed by atoms with Crippen LogP contribution in [0.1, 0.15) is 31.9 Å². The van der Waals surface area contributed by atoms with E-state index in [1.165, 1.54) is 0 Å². The predicted molar refractivity (Wildman–Crippen MR) is 153 cm³/mol. The maximum absolute atomic E-state index is 12.0. The fraction of sp³-hybridized carbons (Fsp3) is 0.393. The average Bonchev–Trinajstić information content (AvgIpc) is 2.90. The Kier molecular flexibility index (Phi) is 9.23. The Morgan fingerprint density at radius 3 is 2.60 bits per heavy atom. The molecule has 1 saturated heterocycles.